The zero-order chi connectivity index (χ0) is 12.2. The first-order valence-electron chi connectivity index (χ1n) is 6.35. The van der Waals surface area contributed by atoms with Crippen LogP contribution in [0.15, 0.2) is 0 Å². The van der Waals surface area contributed by atoms with Crippen LogP contribution < -0.4 is 5.32 Å². The van der Waals surface area contributed by atoms with Gasteiger partial charge >= 0.3 is 0 Å². The lowest BCUT2D eigenvalue weighted by molar-refractivity contribution is 0.0587. The average molecular weight is 229 g/mol. The molecule has 3 heteroatoms. The summed E-state index contributed by atoms with van der Waals surface area (Å²) in [6, 6.07) is 0.616. The summed E-state index contributed by atoms with van der Waals surface area (Å²) in [5, 5.41) is 13.1. The van der Waals surface area contributed by atoms with Gasteiger partial charge in [0.1, 0.15) is 0 Å². The van der Waals surface area contributed by atoms with Crippen LogP contribution in [0.5, 0.6) is 0 Å². The van der Waals surface area contributed by atoms with Crippen LogP contribution in [0.4, 0.5) is 0 Å². The van der Waals surface area contributed by atoms with Gasteiger partial charge in [0.05, 0.1) is 12.7 Å². The molecule has 0 amide bonds. The average Bonchev–Trinajstić information content (AvgIpc) is 2.40. The number of aliphatic hydroxyl groups excluding tert-OH is 1. The number of rotatable bonds is 6. The van der Waals surface area contributed by atoms with Crippen molar-refractivity contribution in [2.75, 3.05) is 20.3 Å². The molecule has 1 aliphatic carbocycles. The van der Waals surface area contributed by atoms with Crippen LogP contribution in [0.2, 0.25) is 0 Å². The van der Waals surface area contributed by atoms with Crippen molar-refractivity contribution in [2.24, 2.45) is 11.3 Å². The molecule has 0 aromatic heterocycles. The number of methoxy groups -OCH3 is 1. The Bertz CT molecular complexity index is 206. The predicted molar refractivity (Wildman–Crippen MR) is 66.5 cm³/mol. The van der Waals surface area contributed by atoms with Crippen molar-refractivity contribution in [3.63, 3.8) is 0 Å². The highest BCUT2D eigenvalue weighted by molar-refractivity contribution is 4.91. The zero-order valence-electron chi connectivity index (χ0n) is 11.1. The molecule has 1 saturated carbocycles. The largest absolute Gasteiger partial charge is 0.391 e. The molecule has 16 heavy (non-hydrogen) atoms. The van der Waals surface area contributed by atoms with E-state index in [1.165, 1.54) is 12.8 Å². The van der Waals surface area contributed by atoms with E-state index in [0.717, 1.165) is 18.9 Å². The van der Waals surface area contributed by atoms with Crippen LogP contribution in [0.25, 0.3) is 0 Å². The first-order chi connectivity index (χ1) is 7.44. The van der Waals surface area contributed by atoms with Gasteiger partial charge < -0.3 is 15.2 Å². The maximum Gasteiger partial charge on any atom is 0.0785 e. The second-order valence-electron chi connectivity index (χ2n) is 6.01. The second-order valence-corrected chi connectivity index (χ2v) is 6.01. The fraction of sp³-hybridized carbons (Fsp3) is 1.00. The quantitative estimate of drug-likeness (QED) is 0.730. The van der Waals surface area contributed by atoms with E-state index in [1.807, 2.05) is 0 Å². The summed E-state index contributed by atoms with van der Waals surface area (Å²) in [6.07, 6.45) is 2.99. The van der Waals surface area contributed by atoms with Crippen molar-refractivity contribution in [1.29, 1.82) is 0 Å². The highest BCUT2D eigenvalue weighted by Gasteiger charge is 2.36. The highest BCUT2D eigenvalue weighted by atomic mass is 16.5. The van der Waals surface area contributed by atoms with E-state index in [4.69, 9.17) is 4.74 Å². The minimum atomic E-state index is -0.331. The summed E-state index contributed by atoms with van der Waals surface area (Å²) in [7, 11) is 1.62. The fourth-order valence-corrected chi connectivity index (χ4v) is 2.88. The molecule has 1 rings (SSSR count). The van der Waals surface area contributed by atoms with Crippen molar-refractivity contribution >= 4 is 0 Å². The van der Waals surface area contributed by atoms with Crippen LogP contribution in [0.3, 0.4) is 0 Å². The summed E-state index contributed by atoms with van der Waals surface area (Å²) in [6.45, 7) is 8.32. The number of nitrogens with one attached hydrogen (secondary N) is 1. The first kappa shape index (κ1) is 13.9. The summed E-state index contributed by atoms with van der Waals surface area (Å²) < 4.78 is 4.90. The topological polar surface area (TPSA) is 41.5 Å². The summed E-state index contributed by atoms with van der Waals surface area (Å²) in [4.78, 5) is 0. The van der Waals surface area contributed by atoms with Crippen LogP contribution in [0, 0.1) is 11.3 Å². The molecule has 0 aromatic rings. The van der Waals surface area contributed by atoms with E-state index < -0.39 is 0 Å². The fourth-order valence-electron chi connectivity index (χ4n) is 2.88. The van der Waals surface area contributed by atoms with Gasteiger partial charge in [-0.2, -0.15) is 0 Å². The van der Waals surface area contributed by atoms with Gasteiger partial charge in [-0.05, 0) is 37.1 Å². The van der Waals surface area contributed by atoms with Gasteiger partial charge in [0.2, 0.25) is 0 Å². The van der Waals surface area contributed by atoms with E-state index in [0.29, 0.717) is 18.1 Å². The predicted octanol–water partition coefficient (Wildman–Crippen LogP) is 1.80. The number of hydrogen-bond acceptors (Lipinski definition) is 3. The van der Waals surface area contributed by atoms with E-state index in [9.17, 15) is 5.11 Å². The molecular weight excluding hydrogens is 202 g/mol. The Morgan fingerprint density at radius 3 is 2.62 bits per heavy atom. The molecule has 0 bridgehead atoms. The third kappa shape index (κ3) is 4.40. The molecule has 0 spiro atoms. The molecule has 0 aliphatic heterocycles. The molecule has 0 heterocycles. The van der Waals surface area contributed by atoms with E-state index in [-0.39, 0.29) is 6.10 Å². The third-order valence-corrected chi connectivity index (χ3v) is 3.58. The van der Waals surface area contributed by atoms with Gasteiger partial charge in [0.25, 0.3) is 0 Å². The minimum absolute atomic E-state index is 0.331. The van der Waals surface area contributed by atoms with Gasteiger partial charge in [-0.15, -0.1) is 0 Å². The van der Waals surface area contributed by atoms with Crippen LogP contribution in [0.1, 0.15) is 40.0 Å². The molecular formula is C13H27NO2. The Hall–Kier alpha value is -0.120. The molecule has 2 N–H and O–H groups in total. The van der Waals surface area contributed by atoms with Crippen LogP contribution in [-0.2, 0) is 4.74 Å². The SMILES string of the molecule is COC[C@H](O)CCN[C@@H]1CC(C)(C)C[C@@H]1C. The Morgan fingerprint density at radius 1 is 1.44 bits per heavy atom. The molecule has 0 unspecified atom stereocenters. The molecule has 3 nitrogen and oxygen atoms in total. The third-order valence-electron chi connectivity index (χ3n) is 3.58. The molecule has 1 fully saturated rings. The van der Waals surface area contributed by atoms with E-state index in [1.54, 1.807) is 7.11 Å². The van der Waals surface area contributed by atoms with Gasteiger partial charge in [-0.3, -0.25) is 0 Å². The van der Waals surface area contributed by atoms with Crippen molar-refractivity contribution in [1.82, 2.24) is 5.32 Å². The van der Waals surface area contributed by atoms with Crippen molar-refractivity contribution < 1.29 is 9.84 Å². The molecule has 1 aliphatic rings. The number of hydrogen-bond donors (Lipinski definition) is 2. The number of ether oxygens (including phenoxy) is 1. The smallest absolute Gasteiger partial charge is 0.0785 e. The monoisotopic (exact) mass is 229 g/mol. The van der Waals surface area contributed by atoms with Crippen molar-refractivity contribution in [3.8, 4) is 0 Å². The standard InChI is InChI=1S/C13H27NO2/c1-10-7-13(2,3)8-12(10)14-6-5-11(15)9-16-4/h10-12,14-15H,5-9H2,1-4H3/t10-,11+,12+/m0/s1. The summed E-state index contributed by atoms with van der Waals surface area (Å²) in [5.74, 6) is 0.745. The first-order valence-corrected chi connectivity index (χ1v) is 6.35. The van der Waals surface area contributed by atoms with Crippen LogP contribution in [-0.4, -0.2) is 37.5 Å². The molecule has 0 radical (unpaired) electrons. The lowest BCUT2D eigenvalue weighted by atomic mass is 9.91. The number of aliphatic hydroxyl groups is 1. The Balaban J connectivity index is 2.18. The Kier molecular flexibility index (Phi) is 5.22. The normalized spacial score (nSPS) is 30.6. The second kappa shape index (κ2) is 5.99. The zero-order valence-corrected chi connectivity index (χ0v) is 11.1. The van der Waals surface area contributed by atoms with E-state index in [2.05, 4.69) is 26.1 Å². The van der Waals surface area contributed by atoms with Gasteiger partial charge in [-0.1, -0.05) is 20.8 Å². The Morgan fingerprint density at radius 2 is 2.12 bits per heavy atom. The van der Waals surface area contributed by atoms with Crippen molar-refractivity contribution in [3.05, 3.63) is 0 Å². The van der Waals surface area contributed by atoms with Gasteiger partial charge in [0, 0.05) is 13.2 Å². The van der Waals surface area contributed by atoms with E-state index >= 15 is 0 Å². The molecule has 0 aromatic carbocycles. The molecule has 96 valence electrons. The Labute approximate surface area is 99.6 Å². The lowest BCUT2D eigenvalue weighted by Gasteiger charge is -2.19. The van der Waals surface area contributed by atoms with Gasteiger partial charge in [0.15, 0.2) is 0 Å². The molecule has 0 saturated heterocycles. The molecule has 3 atom stereocenters. The lowest BCUT2D eigenvalue weighted by Crippen LogP contribution is -2.34. The summed E-state index contributed by atoms with van der Waals surface area (Å²) >= 11 is 0. The van der Waals surface area contributed by atoms with Crippen molar-refractivity contribution in [2.45, 2.75) is 52.2 Å². The summed E-state index contributed by atoms with van der Waals surface area (Å²) in [5.41, 5.74) is 0.474. The minimum Gasteiger partial charge on any atom is -0.391 e. The highest BCUT2D eigenvalue weighted by Crippen LogP contribution is 2.40. The maximum absolute atomic E-state index is 9.53. The maximum atomic E-state index is 9.53. The van der Waals surface area contributed by atoms with Gasteiger partial charge in [-0.25, -0.2) is 0 Å². The van der Waals surface area contributed by atoms with Crippen LogP contribution >= 0.6 is 0 Å².